The van der Waals surface area contributed by atoms with Crippen molar-refractivity contribution in [2.24, 2.45) is 0 Å². The van der Waals surface area contributed by atoms with Gasteiger partial charge in [0.25, 0.3) is 0 Å². The highest BCUT2D eigenvalue weighted by Crippen LogP contribution is 2.22. The van der Waals surface area contributed by atoms with Crippen molar-refractivity contribution in [2.75, 3.05) is 0 Å². The first kappa shape index (κ1) is 11.6. The maximum atomic E-state index is 6.04. The second-order valence-corrected chi connectivity index (χ2v) is 4.83. The molecule has 0 saturated heterocycles. The molecule has 1 aromatic carbocycles. The zero-order valence-corrected chi connectivity index (χ0v) is 11.3. The van der Waals surface area contributed by atoms with Crippen molar-refractivity contribution in [3.05, 3.63) is 45.1 Å². The average Bonchev–Trinajstić information content (AvgIpc) is 2.26. The summed E-state index contributed by atoms with van der Waals surface area (Å²) in [5, 5.41) is 0.519. The lowest BCUT2D eigenvalue weighted by atomic mass is 10.2. The summed E-state index contributed by atoms with van der Waals surface area (Å²) in [4.78, 5) is 8.70. The molecule has 2 nitrogen and oxygen atoms in total. The Morgan fingerprint density at radius 3 is 2.25 bits per heavy atom. The number of halogens is 2. The fourth-order valence-corrected chi connectivity index (χ4v) is 1.80. The Labute approximate surface area is 108 Å². The van der Waals surface area contributed by atoms with Gasteiger partial charge in [0, 0.05) is 21.3 Å². The number of rotatable bonds is 1. The van der Waals surface area contributed by atoms with E-state index >= 15 is 0 Å². The van der Waals surface area contributed by atoms with E-state index in [-0.39, 0.29) is 0 Å². The number of nitrogens with zero attached hydrogens (tertiary/aromatic N) is 2. The Balaban J connectivity index is 2.52. The van der Waals surface area contributed by atoms with Gasteiger partial charge in [0.2, 0.25) is 0 Å². The Bertz CT molecular complexity index is 500. The molecule has 0 fully saturated rings. The molecule has 4 heteroatoms. The molecule has 16 heavy (non-hydrogen) atoms. The summed E-state index contributed by atoms with van der Waals surface area (Å²) in [6, 6.07) is 7.85. The van der Waals surface area contributed by atoms with Crippen LogP contribution in [0.4, 0.5) is 0 Å². The summed E-state index contributed by atoms with van der Waals surface area (Å²) in [5.41, 5.74) is 2.81. The van der Waals surface area contributed by atoms with Crippen molar-refractivity contribution in [2.45, 2.75) is 13.8 Å². The topological polar surface area (TPSA) is 25.8 Å². The van der Waals surface area contributed by atoms with Crippen molar-refractivity contribution in [1.82, 2.24) is 9.97 Å². The number of aromatic nitrogens is 2. The minimum absolute atomic E-state index is 0.519. The molecule has 0 amide bonds. The highest BCUT2D eigenvalue weighted by Gasteiger charge is 2.07. The molecule has 0 spiro atoms. The van der Waals surface area contributed by atoms with Crippen LogP contribution in [0.3, 0.4) is 0 Å². The Morgan fingerprint density at radius 2 is 1.69 bits per heavy atom. The maximum Gasteiger partial charge on any atom is 0.161 e. The van der Waals surface area contributed by atoms with Crippen LogP contribution >= 0.6 is 27.5 Å². The lowest BCUT2D eigenvalue weighted by Gasteiger charge is -2.05. The predicted molar refractivity (Wildman–Crippen MR) is 69.7 cm³/mol. The molecule has 2 aromatic rings. The summed E-state index contributed by atoms with van der Waals surface area (Å²) in [6.45, 7) is 3.86. The van der Waals surface area contributed by atoms with Crippen LogP contribution in [0, 0.1) is 13.8 Å². The van der Waals surface area contributed by atoms with E-state index in [1.165, 1.54) is 0 Å². The van der Waals surface area contributed by atoms with Crippen LogP contribution in [0.5, 0.6) is 0 Å². The van der Waals surface area contributed by atoms with Gasteiger partial charge in [-0.3, -0.25) is 0 Å². The molecule has 1 aromatic heterocycles. The monoisotopic (exact) mass is 296 g/mol. The van der Waals surface area contributed by atoms with E-state index < -0.39 is 0 Å². The van der Waals surface area contributed by atoms with Crippen LogP contribution in [-0.4, -0.2) is 9.97 Å². The molecule has 0 aliphatic heterocycles. The van der Waals surface area contributed by atoms with Gasteiger partial charge < -0.3 is 0 Å². The van der Waals surface area contributed by atoms with E-state index in [2.05, 4.69) is 25.9 Å². The van der Waals surface area contributed by atoms with Gasteiger partial charge in [-0.15, -0.1) is 0 Å². The van der Waals surface area contributed by atoms with E-state index in [0.717, 1.165) is 21.3 Å². The first-order valence-corrected chi connectivity index (χ1v) is 6.01. The van der Waals surface area contributed by atoms with Crippen LogP contribution in [0.25, 0.3) is 11.4 Å². The number of hydrogen-bond acceptors (Lipinski definition) is 2. The quantitative estimate of drug-likeness (QED) is 0.738. The van der Waals surface area contributed by atoms with Gasteiger partial charge in [0.1, 0.15) is 5.15 Å². The Hall–Kier alpha value is -0.930. The first-order valence-electron chi connectivity index (χ1n) is 4.84. The van der Waals surface area contributed by atoms with Gasteiger partial charge >= 0.3 is 0 Å². The number of hydrogen-bond donors (Lipinski definition) is 0. The molecule has 0 radical (unpaired) electrons. The Morgan fingerprint density at radius 1 is 1.06 bits per heavy atom. The lowest BCUT2D eigenvalue weighted by Crippen LogP contribution is -1.96. The summed E-state index contributed by atoms with van der Waals surface area (Å²) < 4.78 is 1.03. The van der Waals surface area contributed by atoms with E-state index in [0.29, 0.717) is 11.0 Å². The molecule has 0 aliphatic carbocycles. The zero-order chi connectivity index (χ0) is 11.7. The van der Waals surface area contributed by atoms with Gasteiger partial charge in [-0.05, 0) is 26.0 Å². The van der Waals surface area contributed by atoms with Crippen molar-refractivity contribution in [1.29, 1.82) is 0 Å². The number of benzene rings is 1. The molecule has 0 atom stereocenters. The van der Waals surface area contributed by atoms with Gasteiger partial charge in [0.15, 0.2) is 5.82 Å². The molecule has 1 heterocycles. The van der Waals surface area contributed by atoms with Crippen molar-refractivity contribution < 1.29 is 0 Å². The first-order chi connectivity index (χ1) is 7.58. The third-order valence-electron chi connectivity index (χ3n) is 2.43. The second-order valence-electron chi connectivity index (χ2n) is 3.56. The minimum atomic E-state index is 0.519. The van der Waals surface area contributed by atoms with Crippen LogP contribution in [-0.2, 0) is 0 Å². The number of aryl methyl sites for hydroxylation is 1. The average molecular weight is 298 g/mol. The van der Waals surface area contributed by atoms with Crippen LogP contribution in [0.15, 0.2) is 28.7 Å². The smallest absolute Gasteiger partial charge is 0.161 e. The highest BCUT2D eigenvalue weighted by molar-refractivity contribution is 9.10. The fraction of sp³-hybridized carbons (Fsp3) is 0.167. The standard InChI is InChI=1S/C12H10BrClN2/c1-7-8(2)15-12(16-11(7)14)9-3-5-10(13)6-4-9/h3-6H,1-2H3. The van der Waals surface area contributed by atoms with Crippen LogP contribution in [0.1, 0.15) is 11.3 Å². The van der Waals surface area contributed by atoms with E-state index in [9.17, 15) is 0 Å². The van der Waals surface area contributed by atoms with Crippen molar-refractivity contribution in [3.63, 3.8) is 0 Å². The molecule has 0 aliphatic rings. The van der Waals surface area contributed by atoms with Crippen LogP contribution in [0.2, 0.25) is 5.15 Å². The Kier molecular flexibility index (Phi) is 3.26. The molecule has 0 saturated carbocycles. The third kappa shape index (κ3) is 2.25. The molecule has 0 N–H and O–H groups in total. The minimum Gasteiger partial charge on any atom is -0.233 e. The molecule has 82 valence electrons. The maximum absolute atomic E-state index is 6.04. The highest BCUT2D eigenvalue weighted by atomic mass is 79.9. The molecular formula is C12H10BrClN2. The van der Waals surface area contributed by atoms with Gasteiger partial charge in [-0.2, -0.15) is 0 Å². The van der Waals surface area contributed by atoms with E-state index in [4.69, 9.17) is 11.6 Å². The fourth-order valence-electron chi connectivity index (χ4n) is 1.32. The molecule has 0 unspecified atom stereocenters. The predicted octanol–water partition coefficient (Wildman–Crippen LogP) is 4.18. The summed E-state index contributed by atoms with van der Waals surface area (Å²) >= 11 is 9.43. The second kappa shape index (κ2) is 4.52. The van der Waals surface area contributed by atoms with E-state index in [1.807, 2.05) is 38.1 Å². The molecule has 0 bridgehead atoms. The molecule has 2 rings (SSSR count). The SMILES string of the molecule is Cc1nc(-c2ccc(Br)cc2)nc(Cl)c1C. The molecular weight excluding hydrogens is 288 g/mol. The van der Waals surface area contributed by atoms with Gasteiger partial charge in [0.05, 0.1) is 0 Å². The zero-order valence-electron chi connectivity index (χ0n) is 8.96. The normalized spacial score (nSPS) is 10.5. The van der Waals surface area contributed by atoms with E-state index in [1.54, 1.807) is 0 Å². The third-order valence-corrected chi connectivity index (χ3v) is 3.33. The lowest BCUT2D eigenvalue weighted by molar-refractivity contribution is 1.07. The van der Waals surface area contributed by atoms with Crippen LogP contribution < -0.4 is 0 Å². The van der Waals surface area contributed by atoms with Gasteiger partial charge in [-0.1, -0.05) is 39.7 Å². The van der Waals surface area contributed by atoms with Gasteiger partial charge in [-0.25, -0.2) is 9.97 Å². The summed E-state index contributed by atoms with van der Waals surface area (Å²) in [6.07, 6.45) is 0. The largest absolute Gasteiger partial charge is 0.233 e. The van der Waals surface area contributed by atoms with Crippen molar-refractivity contribution >= 4 is 27.5 Å². The summed E-state index contributed by atoms with van der Waals surface area (Å²) in [7, 11) is 0. The summed E-state index contributed by atoms with van der Waals surface area (Å²) in [5.74, 6) is 0.667. The van der Waals surface area contributed by atoms with Crippen molar-refractivity contribution in [3.8, 4) is 11.4 Å².